The summed E-state index contributed by atoms with van der Waals surface area (Å²) in [7, 11) is 3.14. The number of amides is 2. The molecule has 0 saturated carbocycles. The number of carbonyl (C=O) groups is 1. The molecule has 128 valence electrons. The van der Waals surface area contributed by atoms with Gasteiger partial charge in [0.1, 0.15) is 11.5 Å². The van der Waals surface area contributed by atoms with Gasteiger partial charge in [0.15, 0.2) is 0 Å². The van der Waals surface area contributed by atoms with Crippen molar-refractivity contribution in [1.29, 1.82) is 0 Å². The van der Waals surface area contributed by atoms with Crippen LogP contribution in [0, 0.1) is 0 Å². The van der Waals surface area contributed by atoms with Crippen molar-refractivity contribution in [2.24, 2.45) is 0 Å². The van der Waals surface area contributed by atoms with Crippen LogP contribution in [0.15, 0.2) is 42.5 Å². The summed E-state index contributed by atoms with van der Waals surface area (Å²) in [6.07, 6.45) is 1.00. The highest BCUT2D eigenvalue weighted by molar-refractivity contribution is 5.90. The summed E-state index contributed by atoms with van der Waals surface area (Å²) in [5.41, 5.74) is 2.95. The summed E-state index contributed by atoms with van der Waals surface area (Å²) in [5.74, 6) is 1.24. The van der Waals surface area contributed by atoms with Crippen LogP contribution in [0.1, 0.15) is 31.0 Å². The fourth-order valence-corrected chi connectivity index (χ4v) is 2.37. The Hall–Kier alpha value is -2.69. The van der Waals surface area contributed by atoms with E-state index in [1.54, 1.807) is 32.4 Å². The Bertz CT molecular complexity index is 661. The van der Waals surface area contributed by atoms with E-state index in [9.17, 15) is 4.79 Å². The quantitative estimate of drug-likeness (QED) is 0.837. The number of ether oxygens (including phenoxy) is 2. The van der Waals surface area contributed by atoms with Crippen molar-refractivity contribution in [2.75, 3.05) is 19.5 Å². The number of aryl methyl sites for hydroxylation is 1. The number of carbonyl (C=O) groups excluding carboxylic acids is 1. The van der Waals surface area contributed by atoms with Crippen LogP contribution in [0.25, 0.3) is 0 Å². The molecule has 1 unspecified atom stereocenters. The number of nitrogens with one attached hydrogen (secondary N) is 2. The Balaban J connectivity index is 2.01. The van der Waals surface area contributed by atoms with Crippen molar-refractivity contribution in [3.8, 4) is 11.5 Å². The van der Waals surface area contributed by atoms with Gasteiger partial charge < -0.3 is 20.1 Å². The number of urea groups is 1. The first-order valence-corrected chi connectivity index (χ1v) is 7.95. The summed E-state index contributed by atoms with van der Waals surface area (Å²) in [5, 5.41) is 5.73. The SMILES string of the molecule is CCc1ccc(C(C)NC(=O)Nc2cc(OC)cc(OC)c2)cc1. The van der Waals surface area contributed by atoms with Gasteiger partial charge in [0.25, 0.3) is 0 Å². The second-order valence-electron chi connectivity index (χ2n) is 5.52. The molecule has 0 saturated heterocycles. The molecule has 5 heteroatoms. The number of methoxy groups -OCH3 is 2. The maximum Gasteiger partial charge on any atom is 0.319 e. The molecule has 0 aliphatic rings. The van der Waals surface area contributed by atoms with E-state index in [-0.39, 0.29) is 12.1 Å². The van der Waals surface area contributed by atoms with Gasteiger partial charge in [-0.3, -0.25) is 0 Å². The lowest BCUT2D eigenvalue weighted by Gasteiger charge is -2.16. The predicted octanol–water partition coefficient (Wildman–Crippen LogP) is 4.15. The van der Waals surface area contributed by atoms with Crippen LogP contribution in [0.3, 0.4) is 0 Å². The normalized spacial score (nSPS) is 11.5. The maximum atomic E-state index is 12.2. The fraction of sp³-hybridized carbons (Fsp3) is 0.316. The van der Waals surface area contributed by atoms with E-state index in [4.69, 9.17) is 9.47 Å². The second-order valence-corrected chi connectivity index (χ2v) is 5.52. The van der Waals surface area contributed by atoms with Crippen LogP contribution in [0.2, 0.25) is 0 Å². The summed E-state index contributed by atoms with van der Waals surface area (Å²) in [6.45, 7) is 4.07. The van der Waals surface area contributed by atoms with Gasteiger partial charge in [-0.15, -0.1) is 0 Å². The molecule has 0 bridgehead atoms. The van der Waals surface area contributed by atoms with Crippen LogP contribution >= 0.6 is 0 Å². The molecule has 5 nitrogen and oxygen atoms in total. The lowest BCUT2D eigenvalue weighted by molar-refractivity contribution is 0.249. The highest BCUT2D eigenvalue weighted by Crippen LogP contribution is 2.25. The van der Waals surface area contributed by atoms with Crippen LogP contribution in [0.5, 0.6) is 11.5 Å². The van der Waals surface area contributed by atoms with E-state index in [0.29, 0.717) is 17.2 Å². The van der Waals surface area contributed by atoms with Crippen molar-refractivity contribution in [3.05, 3.63) is 53.6 Å². The first kappa shape index (κ1) is 17.7. The predicted molar refractivity (Wildman–Crippen MR) is 95.9 cm³/mol. The van der Waals surface area contributed by atoms with E-state index < -0.39 is 0 Å². The molecule has 0 aliphatic heterocycles. The van der Waals surface area contributed by atoms with Gasteiger partial charge in [0.05, 0.1) is 20.3 Å². The van der Waals surface area contributed by atoms with Crippen LogP contribution < -0.4 is 20.1 Å². The largest absolute Gasteiger partial charge is 0.497 e. The van der Waals surface area contributed by atoms with Gasteiger partial charge in [-0.05, 0) is 24.5 Å². The number of hydrogen-bond donors (Lipinski definition) is 2. The van der Waals surface area contributed by atoms with E-state index in [1.807, 2.05) is 19.1 Å². The Morgan fingerprint density at radius 1 is 1.04 bits per heavy atom. The molecule has 0 aromatic heterocycles. The van der Waals surface area contributed by atoms with Crippen LogP contribution in [-0.4, -0.2) is 20.3 Å². The maximum absolute atomic E-state index is 12.2. The third-order valence-electron chi connectivity index (χ3n) is 3.84. The van der Waals surface area contributed by atoms with Crippen molar-refractivity contribution in [2.45, 2.75) is 26.3 Å². The number of benzene rings is 2. The van der Waals surface area contributed by atoms with Crippen LogP contribution in [0.4, 0.5) is 10.5 Å². The number of anilines is 1. The molecular weight excluding hydrogens is 304 g/mol. The second kappa shape index (κ2) is 8.24. The average Bonchev–Trinajstić information content (AvgIpc) is 2.61. The Kier molecular flexibility index (Phi) is 6.07. The van der Waals surface area contributed by atoms with Crippen molar-refractivity contribution < 1.29 is 14.3 Å². The third kappa shape index (κ3) is 4.65. The van der Waals surface area contributed by atoms with Gasteiger partial charge >= 0.3 is 6.03 Å². The average molecular weight is 328 g/mol. The fourth-order valence-electron chi connectivity index (χ4n) is 2.37. The van der Waals surface area contributed by atoms with Crippen molar-refractivity contribution in [3.63, 3.8) is 0 Å². The van der Waals surface area contributed by atoms with Gasteiger partial charge in [0, 0.05) is 23.9 Å². The standard InChI is InChI=1S/C19H24N2O3/c1-5-14-6-8-15(9-7-14)13(2)20-19(22)21-16-10-17(23-3)12-18(11-16)24-4/h6-13H,5H2,1-4H3,(H2,20,21,22). The highest BCUT2D eigenvalue weighted by atomic mass is 16.5. The highest BCUT2D eigenvalue weighted by Gasteiger charge is 2.11. The zero-order valence-corrected chi connectivity index (χ0v) is 14.6. The Morgan fingerprint density at radius 3 is 2.12 bits per heavy atom. The van der Waals surface area contributed by atoms with E-state index in [0.717, 1.165) is 12.0 Å². The molecule has 2 aromatic carbocycles. The summed E-state index contributed by atoms with van der Waals surface area (Å²) >= 11 is 0. The monoisotopic (exact) mass is 328 g/mol. The molecule has 0 aliphatic carbocycles. The molecule has 0 heterocycles. The topological polar surface area (TPSA) is 59.6 Å². The van der Waals surface area contributed by atoms with Crippen molar-refractivity contribution >= 4 is 11.7 Å². The molecule has 2 rings (SSSR count). The summed E-state index contributed by atoms with van der Waals surface area (Å²) < 4.78 is 10.4. The van der Waals surface area contributed by atoms with E-state index >= 15 is 0 Å². The number of hydrogen-bond acceptors (Lipinski definition) is 3. The molecule has 2 N–H and O–H groups in total. The molecule has 24 heavy (non-hydrogen) atoms. The molecule has 0 spiro atoms. The third-order valence-corrected chi connectivity index (χ3v) is 3.84. The molecule has 1 atom stereocenters. The molecule has 0 fully saturated rings. The van der Waals surface area contributed by atoms with Gasteiger partial charge in [-0.1, -0.05) is 31.2 Å². The summed E-state index contributed by atoms with van der Waals surface area (Å²) in [6, 6.07) is 13.1. The Morgan fingerprint density at radius 2 is 1.62 bits per heavy atom. The van der Waals surface area contributed by atoms with E-state index in [1.165, 1.54) is 5.56 Å². The minimum Gasteiger partial charge on any atom is -0.497 e. The van der Waals surface area contributed by atoms with Crippen LogP contribution in [-0.2, 0) is 6.42 Å². The first-order valence-electron chi connectivity index (χ1n) is 7.95. The van der Waals surface area contributed by atoms with E-state index in [2.05, 4.69) is 29.7 Å². The zero-order valence-electron chi connectivity index (χ0n) is 14.6. The minimum atomic E-state index is -0.280. The van der Waals surface area contributed by atoms with Gasteiger partial charge in [-0.25, -0.2) is 4.79 Å². The molecular formula is C19H24N2O3. The van der Waals surface area contributed by atoms with Gasteiger partial charge in [-0.2, -0.15) is 0 Å². The van der Waals surface area contributed by atoms with Crippen molar-refractivity contribution in [1.82, 2.24) is 5.32 Å². The Labute approximate surface area is 143 Å². The lowest BCUT2D eigenvalue weighted by Crippen LogP contribution is -2.31. The zero-order chi connectivity index (χ0) is 17.5. The number of rotatable bonds is 6. The first-order chi connectivity index (χ1) is 11.5. The lowest BCUT2D eigenvalue weighted by atomic mass is 10.1. The minimum absolute atomic E-state index is 0.0941. The smallest absolute Gasteiger partial charge is 0.319 e. The summed E-state index contributed by atoms with van der Waals surface area (Å²) in [4.78, 5) is 12.2. The van der Waals surface area contributed by atoms with Gasteiger partial charge in [0.2, 0.25) is 0 Å². The molecule has 0 radical (unpaired) electrons. The molecule has 2 amide bonds. The molecule has 2 aromatic rings.